The summed E-state index contributed by atoms with van der Waals surface area (Å²) in [6.07, 6.45) is 0. The predicted octanol–water partition coefficient (Wildman–Crippen LogP) is 0.684. The molecule has 5 heteroatoms. The number of aryl methyl sites for hydroxylation is 1. The SMILES string of the molecule is CNc1ccc(S(N)(=O)=O)c(C)c1. The Morgan fingerprint density at radius 3 is 2.38 bits per heavy atom. The maximum atomic E-state index is 11.0. The number of benzene rings is 1. The molecular formula is C8H12N2O2S. The third-order valence-corrected chi connectivity index (χ3v) is 2.84. The Hall–Kier alpha value is -1.07. The highest BCUT2D eigenvalue weighted by Gasteiger charge is 2.10. The molecule has 0 unspecified atom stereocenters. The topological polar surface area (TPSA) is 72.2 Å². The van der Waals surface area contributed by atoms with E-state index < -0.39 is 10.0 Å². The van der Waals surface area contributed by atoms with Gasteiger partial charge in [-0.05, 0) is 30.7 Å². The van der Waals surface area contributed by atoms with Gasteiger partial charge in [0, 0.05) is 12.7 Å². The van der Waals surface area contributed by atoms with Crippen molar-refractivity contribution in [2.45, 2.75) is 11.8 Å². The molecule has 0 saturated carbocycles. The molecule has 4 nitrogen and oxygen atoms in total. The quantitative estimate of drug-likeness (QED) is 0.737. The summed E-state index contributed by atoms with van der Waals surface area (Å²) in [5.41, 5.74) is 1.51. The number of anilines is 1. The summed E-state index contributed by atoms with van der Waals surface area (Å²) >= 11 is 0. The van der Waals surface area contributed by atoms with E-state index in [0.29, 0.717) is 5.56 Å². The molecule has 13 heavy (non-hydrogen) atoms. The van der Waals surface area contributed by atoms with Crippen molar-refractivity contribution in [1.29, 1.82) is 0 Å². The lowest BCUT2D eigenvalue weighted by molar-refractivity contribution is 0.597. The average Bonchev–Trinajstić information content (AvgIpc) is 2.01. The molecule has 0 fully saturated rings. The lowest BCUT2D eigenvalue weighted by Crippen LogP contribution is -2.13. The number of sulfonamides is 1. The van der Waals surface area contributed by atoms with Crippen LogP contribution in [0.25, 0.3) is 0 Å². The van der Waals surface area contributed by atoms with Crippen LogP contribution in [0.1, 0.15) is 5.56 Å². The molecule has 0 saturated heterocycles. The van der Waals surface area contributed by atoms with Crippen molar-refractivity contribution in [1.82, 2.24) is 0 Å². The zero-order valence-corrected chi connectivity index (χ0v) is 8.35. The Kier molecular flexibility index (Phi) is 2.58. The summed E-state index contributed by atoms with van der Waals surface area (Å²) in [5, 5.41) is 7.91. The first kappa shape index (κ1) is 10.0. The van der Waals surface area contributed by atoms with Crippen molar-refractivity contribution in [2.24, 2.45) is 5.14 Å². The van der Waals surface area contributed by atoms with Crippen LogP contribution in [0, 0.1) is 6.92 Å². The van der Waals surface area contributed by atoms with Crippen molar-refractivity contribution in [3.8, 4) is 0 Å². The molecule has 0 aromatic heterocycles. The second-order valence-electron chi connectivity index (χ2n) is 2.78. The number of hydrogen-bond acceptors (Lipinski definition) is 3. The molecule has 0 aliphatic heterocycles. The highest BCUT2D eigenvalue weighted by atomic mass is 32.2. The fourth-order valence-corrected chi connectivity index (χ4v) is 1.89. The summed E-state index contributed by atoms with van der Waals surface area (Å²) in [4.78, 5) is 0.173. The van der Waals surface area contributed by atoms with E-state index in [1.54, 1.807) is 26.1 Å². The van der Waals surface area contributed by atoms with Crippen LogP contribution in [-0.2, 0) is 10.0 Å². The number of nitrogens with two attached hydrogens (primary N) is 1. The zero-order chi connectivity index (χ0) is 10.1. The second-order valence-corrected chi connectivity index (χ2v) is 4.31. The van der Waals surface area contributed by atoms with Crippen molar-refractivity contribution in [3.63, 3.8) is 0 Å². The third-order valence-electron chi connectivity index (χ3n) is 1.77. The Balaban J connectivity index is 3.29. The van der Waals surface area contributed by atoms with E-state index in [-0.39, 0.29) is 4.90 Å². The molecule has 0 aliphatic carbocycles. The van der Waals surface area contributed by atoms with E-state index in [0.717, 1.165) is 5.69 Å². The number of rotatable bonds is 2. The van der Waals surface area contributed by atoms with Gasteiger partial charge in [-0.2, -0.15) is 0 Å². The smallest absolute Gasteiger partial charge is 0.238 e. The minimum atomic E-state index is -3.59. The van der Waals surface area contributed by atoms with Gasteiger partial charge in [-0.15, -0.1) is 0 Å². The van der Waals surface area contributed by atoms with E-state index in [4.69, 9.17) is 5.14 Å². The molecule has 0 radical (unpaired) electrons. The number of nitrogens with one attached hydrogen (secondary N) is 1. The van der Waals surface area contributed by atoms with Gasteiger partial charge < -0.3 is 5.32 Å². The summed E-state index contributed by atoms with van der Waals surface area (Å²) in [6, 6.07) is 4.91. The fourth-order valence-electron chi connectivity index (χ4n) is 1.12. The minimum Gasteiger partial charge on any atom is -0.388 e. The standard InChI is InChI=1S/C8H12N2O2S/c1-6-5-7(10-2)3-4-8(6)13(9,11)12/h3-5,10H,1-2H3,(H2,9,11,12). The summed E-state index contributed by atoms with van der Waals surface area (Å²) < 4.78 is 22.0. The van der Waals surface area contributed by atoms with Gasteiger partial charge in [-0.25, -0.2) is 13.6 Å². The molecule has 0 spiro atoms. The molecule has 72 valence electrons. The highest BCUT2D eigenvalue weighted by molar-refractivity contribution is 7.89. The molecule has 0 amide bonds. The zero-order valence-electron chi connectivity index (χ0n) is 7.53. The van der Waals surface area contributed by atoms with Gasteiger partial charge in [0.2, 0.25) is 10.0 Å². The largest absolute Gasteiger partial charge is 0.388 e. The van der Waals surface area contributed by atoms with E-state index in [1.165, 1.54) is 6.07 Å². The van der Waals surface area contributed by atoms with Gasteiger partial charge >= 0.3 is 0 Å². The minimum absolute atomic E-state index is 0.173. The average molecular weight is 200 g/mol. The second kappa shape index (κ2) is 3.35. The lowest BCUT2D eigenvalue weighted by atomic mass is 10.2. The lowest BCUT2D eigenvalue weighted by Gasteiger charge is -2.05. The monoisotopic (exact) mass is 200 g/mol. The van der Waals surface area contributed by atoms with Gasteiger partial charge in [0.25, 0.3) is 0 Å². The van der Waals surface area contributed by atoms with Gasteiger partial charge in [-0.3, -0.25) is 0 Å². The van der Waals surface area contributed by atoms with Crippen LogP contribution >= 0.6 is 0 Å². The van der Waals surface area contributed by atoms with Crippen LogP contribution in [0.5, 0.6) is 0 Å². The summed E-state index contributed by atoms with van der Waals surface area (Å²) in [7, 11) is -1.82. The fraction of sp³-hybridized carbons (Fsp3) is 0.250. The Bertz CT molecular complexity index is 412. The first-order valence-electron chi connectivity index (χ1n) is 3.76. The van der Waals surface area contributed by atoms with Crippen LogP contribution < -0.4 is 10.5 Å². The Morgan fingerprint density at radius 2 is 2.00 bits per heavy atom. The Labute approximate surface area is 77.8 Å². The van der Waals surface area contributed by atoms with E-state index in [9.17, 15) is 8.42 Å². The summed E-state index contributed by atoms with van der Waals surface area (Å²) in [5.74, 6) is 0. The maximum absolute atomic E-state index is 11.0. The molecule has 3 N–H and O–H groups in total. The molecule has 1 aromatic rings. The molecular weight excluding hydrogens is 188 g/mol. The van der Waals surface area contributed by atoms with Gasteiger partial charge in [0.1, 0.15) is 0 Å². The van der Waals surface area contributed by atoms with Crippen molar-refractivity contribution < 1.29 is 8.42 Å². The first-order chi connectivity index (χ1) is 5.95. The first-order valence-corrected chi connectivity index (χ1v) is 5.31. The highest BCUT2D eigenvalue weighted by Crippen LogP contribution is 2.17. The molecule has 1 rings (SSSR count). The van der Waals surface area contributed by atoms with Gasteiger partial charge in [-0.1, -0.05) is 0 Å². The van der Waals surface area contributed by atoms with Crippen LogP contribution in [0.15, 0.2) is 23.1 Å². The maximum Gasteiger partial charge on any atom is 0.238 e. The predicted molar refractivity (Wildman–Crippen MR) is 52.1 cm³/mol. The van der Waals surface area contributed by atoms with Crippen LogP contribution in [-0.4, -0.2) is 15.5 Å². The van der Waals surface area contributed by atoms with E-state index >= 15 is 0 Å². The Morgan fingerprint density at radius 1 is 1.38 bits per heavy atom. The van der Waals surface area contributed by atoms with Crippen LogP contribution in [0.2, 0.25) is 0 Å². The molecule has 0 bridgehead atoms. The molecule has 0 atom stereocenters. The molecule has 0 heterocycles. The van der Waals surface area contributed by atoms with Crippen LogP contribution in [0.3, 0.4) is 0 Å². The van der Waals surface area contributed by atoms with Crippen LogP contribution in [0.4, 0.5) is 5.69 Å². The normalized spacial score (nSPS) is 11.3. The third kappa shape index (κ3) is 2.19. The van der Waals surface area contributed by atoms with Crippen molar-refractivity contribution >= 4 is 15.7 Å². The molecule has 0 aliphatic rings. The molecule has 1 aromatic carbocycles. The van der Waals surface area contributed by atoms with E-state index in [2.05, 4.69) is 5.32 Å². The van der Waals surface area contributed by atoms with Gasteiger partial charge in [0.05, 0.1) is 4.90 Å². The van der Waals surface area contributed by atoms with Crippen molar-refractivity contribution in [2.75, 3.05) is 12.4 Å². The number of primary sulfonamides is 1. The summed E-state index contributed by atoms with van der Waals surface area (Å²) in [6.45, 7) is 1.71. The number of hydrogen-bond donors (Lipinski definition) is 2. The van der Waals surface area contributed by atoms with Crippen molar-refractivity contribution in [3.05, 3.63) is 23.8 Å². The van der Waals surface area contributed by atoms with Gasteiger partial charge in [0.15, 0.2) is 0 Å². The van der Waals surface area contributed by atoms with E-state index in [1.807, 2.05) is 0 Å².